The Kier molecular flexibility index (Phi) is 5.43. The van der Waals surface area contributed by atoms with Crippen molar-refractivity contribution in [1.29, 1.82) is 5.26 Å². The highest BCUT2D eigenvalue weighted by atomic mass is 32.2. The topological polar surface area (TPSA) is 83.9 Å². The van der Waals surface area contributed by atoms with Crippen molar-refractivity contribution >= 4 is 45.4 Å². The van der Waals surface area contributed by atoms with Gasteiger partial charge in [0.25, 0.3) is 0 Å². The minimum Gasteiger partial charge on any atom is -0.297 e. The molecule has 0 fully saturated rings. The quantitative estimate of drug-likeness (QED) is 0.324. The first kappa shape index (κ1) is 20.4. The largest absolute Gasteiger partial charge is 0.297 e. The van der Waals surface area contributed by atoms with Gasteiger partial charge >= 0.3 is 0 Å². The molecule has 0 N–H and O–H groups in total. The number of benzene rings is 2. The Morgan fingerprint density at radius 3 is 2.75 bits per heavy atom. The van der Waals surface area contributed by atoms with Crippen molar-refractivity contribution in [2.75, 3.05) is 5.75 Å². The van der Waals surface area contributed by atoms with E-state index in [2.05, 4.69) is 27.3 Å². The van der Waals surface area contributed by atoms with E-state index >= 15 is 0 Å². The van der Waals surface area contributed by atoms with Crippen LogP contribution in [0.2, 0.25) is 0 Å². The molecule has 0 bridgehead atoms. The lowest BCUT2D eigenvalue weighted by atomic mass is 10.1. The summed E-state index contributed by atoms with van der Waals surface area (Å²) in [5.41, 5.74) is 4.59. The number of hydrogen-bond acceptors (Lipinski definition) is 7. The van der Waals surface area contributed by atoms with Gasteiger partial charge < -0.3 is 0 Å². The van der Waals surface area contributed by atoms with Crippen molar-refractivity contribution in [2.45, 2.75) is 18.0 Å². The average Bonchev–Trinajstić information content (AvgIpc) is 3.47. The molecule has 1 atom stereocenters. The number of thioether (sulfide) groups is 1. The molecule has 0 saturated heterocycles. The Hall–Kier alpha value is -3.54. The van der Waals surface area contributed by atoms with Crippen molar-refractivity contribution in [3.63, 3.8) is 0 Å². The van der Waals surface area contributed by atoms with Crippen LogP contribution in [-0.2, 0) is 4.79 Å². The smallest absolute Gasteiger partial charge is 0.196 e. The number of para-hydroxylation sites is 1. The van der Waals surface area contributed by atoms with E-state index in [0.29, 0.717) is 10.2 Å². The zero-order chi connectivity index (χ0) is 22.1. The van der Waals surface area contributed by atoms with Gasteiger partial charge in [-0.2, -0.15) is 5.26 Å². The van der Waals surface area contributed by atoms with Crippen LogP contribution in [0.4, 0.5) is 0 Å². The molecule has 6 nitrogen and oxygen atoms in total. The molecule has 0 spiro atoms. The number of carbonyl (C=O) groups excluding carboxylic acids is 1. The van der Waals surface area contributed by atoms with Gasteiger partial charge in [-0.3, -0.25) is 9.20 Å². The zero-order valence-electron chi connectivity index (χ0n) is 17.1. The number of nitriles is 1. The van der Waals surface area contributed by atoms with Gasteiger partial charge in [0.2, 0.25) is 0 Å². The fourth-order valence-corrected chi connectivity index (χ4v) is 5.36. The number of Topliss-reactive ketones (excluding diaryl/α,β-unsaturated/α-hetero) is 1. The monoisotopic (exact) mass is 455 g/mol. The maximum Gasteiger partial charge on any atom is 0.196 e. The average molecular weight is 456 g/mol. The van der Waals surface area contributed by atoms with Crippen LogP contribution in [0.25, 0.3) is 27.8 Å². The molecule has 0 aliphatic carbocycles. The summed E-state index contributed by atoms with van der Waals surface area (Å²) in [5, 5.41) is 22.4. The number of hydrogen-bond donors (Lipinski definition) is 0. The van der Waals surface area contributed by atoms with Gasteiger partial charge in [0.15, 0.2) is 22.5 Å². The maximum absolute atomic E-state index is 12.9. The van der Waals surface area contributed by atoms with E-state index in [1.165, 1.54) is 23.1 Å². The molecular weight excluding hydrogens is 438 g/mol. The molecule has 0 amide bonds. The number of pyridine rings is 1. The fraction of sp³-hybridized carbons (Fsp3) is 0.125. The lowest BCUT2D eigenvalue weighted by Gasteiger charge is -2.08. The molecule has 3 aromatic heterocycles. The van der Waals surface area contributed by atoms with Crippen LogP contribution in [0.5, 0.6) is 0 Å². The highest BCUT2D eigenvalue weighted by Gasteiger charge is 2.25. The van der Waals surface area contributed by atoms with E-state index in [1.54, 1.807) is 0 Å². The predicted molar refractivity (Wildman–Crippen MR) is 127 cm³/mol. The van der Waals surface area contributed by atoms with Crippen molar-refractivity contribution in [3.8, 4) is 17.3 Å². The van der Waals surface area contributed by atoms with Crippen LogP contribution in [-0.4, -0.2) is 31.1 Å². The Balaban J connectivity index is 1.39. The summed E-state index contributed by atoms with van der Waals surface area (Å²) in [4.78, 5) is 17.5. The van der Waals surface area contributed by atoms with Gasteiger partial charge in [0.05, 0.1) is 23.0 Å². The minimum atomic E-state index is -0.900. The third-order valence-corrected chi connectivity index (χ3v) is 7.07. The second-order valence-electron chi connectivity index (χ2n) is 7.27. The van der Waals surface area contributed by atoms with Crippen molar-refractivity contribution in [1.82, 2.24) is 19.6 Å². The molecule has 32 heavy (non-hydrogen) atoms. The first-order valence-corrected chi connectivity index (χ1v) is 11.8. The molecule has 0 aliphatic rings. The Morgan fingerprint density at radius 1 is 1.16 bits per heavy atom. The van der Waals surface area contributed by atoms with Gasteiger partial charge in [0.1, 0.15) is 5.01 Å². The highest BCUT2D eigenvalue weighted by Crippen LogP contribution is 2.30. The van der Waals surface area contributed by atoms with Gasteiger partial charge in [-0.25, -0.2) is 4.98 Å². The van der Waals surface area contributed by atoms with Crippen LogP contribution in [0, 0.1) is 18.3 Å². The third-order valence-electron chi connectivity index (χ3n) is 5.21. The number of fused-ring (bicyclic) bond motifs is 3. The summed E-state index contributed by atoms with van der Waals surface area (Å²) < 4.78 is 1.96. The van der Waals surface area contributed by atoms with Crippen molar-refractivity contribution in [2.24, 2.45) is 0 Å². The van der Waals surface area contributed by atoms with E-state index in [-0.39, 0.29) is 11.5 Å². The summed E-state index contributed by atoms with van der Waals surface area (Å²) in [7, 11) is 0. The van der Waals surface area contributed by atoms with E-state index in [0.717, 1.165) is 33.4 Å². The van der Waals surface area contributed by atoms with E-state index in [1.807, 2.05) is 71.3 Å². The Morgan fingerprint density at radius 2 is 1.94 bits per heavy atom. The highest BCUT2D eigenvalue weighted by molar-refractivity contribution is 7.99. The molecule has 156 valence electrons. The summed E-state index contributed by atoms with van der Waals surface area (Å²) in [6.07, 6.45) is 0. The second kappa shape index (κ2) is 8.54. The van der Waals surface area contributed by atoms with Gasteiger partial charge in [-0.1, -0.05) is 60.3 Å². The molecule has 5 aromatic rings. The molecule has 0 saturated carbocycles. The van der Waals surface area contributed by atoms with Crippen LogP contribution in [0.3, 0.4) is 0 Å². The lowest BCUT2D eigenvalue weighted by Crippen LogP contribution is -2.13. The molecule has 2 aromatic carbocycles. The number of ketones is 1. The van der Waals surface area contributed by atoms with Crippen LogP contribution in [0.15, 0.2) is 71.2 Å². The molecule has 3 heterocycles. The molecular formula is C24H17N5OS2. The first-order valence-electron chi connectivity index (χ1n) is 9.95. The summed E-state index contributed by atoms with van der Waals surface area (Å²) in [6, 6.07) is 21.9. The number of thiazole rings is 1. The summed E-state index contributed by atoms with van der Waals surface area (Å²) in [5.74, 6) is -0.982. The normalized spacial score (nSPS) is 12.1. The van der Waals surface area contributed by atoms with Gasteiger partial charge in [-0.05, 0) is 24.6 Å². The number of rotatable bonds is 6. The Labute approximate surface area is 192 Å². The van der Waals surface area contributed by atoms with E-state index < -0.39 is 5.92 Å². The SMILES string of the molecule is Cc1cc2nnc(SCC(=O)C(C#N)c3nc(-c4ccccc4)cs3)n2c2ccccc12. The molecule has 5 rings (SSSR count). The standard InChI is InChI=1S/C24H17N5OS2/c1-15-11-22-27-28-24(29(22)20-10-6-5-9-17(15)20)32-14-21(30)18(12-25)23-26-19(13-31-23)16-7-3-2-4-8-16/h2-11,13,18H,14H2,1H3. The maximum atomic E-state index is 12.9. The minimum absolute atomic E-state index is 0.113. The van der Waals surface area contributed by atoms with Crippen molar-refractivity contribution < 1.29 is 4.79 Å². The fourth-order valence-electron chi connectivity index (χ4n) is 3.61. The first-order chi connectivity index (χ1) is 15.7. The van der Waals surface area contributed by atoms with Crippen LogP contribution >= 0.6 is 23.1 Å². The van der Waals surface area contributed by atoms with Crippen LogP contribution in [0.1, 0.15) is 16.5 Å². The van der Waals surface area contributed by atoms with Gasteiger partial charge in [-0.15, -0.1) is 21.5 Å². The number of aryl methyl sites for hydroxylation is 1. The number of nitrogens with zero attached hydrogens (tertiary/aromatic N) is 5. The number of carbonyl (C=O) groups is 1. The zero-order valence-corrected chi connectivity index (χ0v) is 18.7. The summed E-state index contributed by atoms with van der Waals surface area (Å²) >= 11 is 2.63. The van der Waals surface area contributed by atoms with E-state index in [9.17, 15) is 10.1 Å². The number of aromatic nitrogens is 4. The van der Waals surface area contributed by atoms with Crippen molar-refractivity contribution in [3.05, 3.63) is 76.6 Å². The molecule has 1 unspecified atom stereocenters. The lowest BCUT2D eigenvalue weighted by molar-refractivity contribution is -0.116. The van der Waals surface area contributed by atoms with Gasteiger partial charge in [0, 0.05) is 16.3 Å². The Bertz CT molecular complexity index is 1480. The molecule has 0 aliphatic heterocycles. The summed E-state index contributed by atoms with van der Waals surface area (Å²) in [6.45, 7) is 2.04. The second-order valence-corrected chi connectivity index (χ2v) is 9.11. The molecule has 0 radical (unpaired) electrons. The van der Waals surface area contributed by atoms with Crippen LogP contribution < -0.4 is 0 Å². The molecule has 8 heteroatoms. The predicted octanol–water partition coefficient (Wildman–Crippen LogP) is 5.28. The third kappa shape index (κ3) is 3.66. The van der Waals surface area contributed by atoms with E-state index in [4.69, 9.17) is 0 Å².